The Hall–Kier alpha value is -2.12. The van der Waals surface area contributed by atoms with Gasteiger partial charge in [-0.25, -0.2) is 4.79 Å². The SMILES string of the molecule is CCN(CC)CCOC(=O)c1oc2c(OC)c(OC)c(OC)cc2c1C.Cl. The van der Waals surface area contributed by atoms with E-state index in [0.717, 1.165) is 18.5 Å². The van der Waals surface area contributed by atoms with Crippen LogP contribution in [0.15, 0.2) is 10.5 Å². The highest BCUT2D eigenvalue weighted by Gasteiger charge is 2.26. The van der Waals surface area contributed by atoms with Crippen molar-refractivity contribution < 1.29 is 28.2 Å². The molecule has 8 heteroatoms. The lowest BCUT2D eigenvalue weighted by Crippen LogP contribution is -2.27. The zero-order valence-corrected chi connectivity index (χ0v) is 17.5. The van der Waals surface area contributed by atoms with E-state index in [1.165, 1.54) is 14.2 Å². The number of ether oxygens (including phenoxy) is 4. The first-order chi connectivity index (χ1) is 12.5. The number of benzene rings is 1. The fourth-order valence-electron chi connectivity index (χ4n) is 2.88. The Morgan fingerprint density at radius 2 is 1.70 bits per heavy atom. The van der Waals surface area contributed by atoms with Gasteiger partial charge in [-0.1, -0.05) is 13.8 Å². The maximum Gasteiger partial charge on any atom is 0.374 e. The van der Waals surface area contributed by atoms with Crippen LogP contribution in [-0.4, -0.2) is 58.4 Å². The van der Waals surface area contributed by atoms with Crippen molar-refractivity contribution >= 4 is 29.3 Å². The number of likely N-dealkylation sites (N-methyl/N-ethyl adjacent to an activating group) is 1. The second-order valence-electron chi connectivity index (χ2n) is 5.74. The molecule has 0 aliphatic rings. The van der Waals surface area contributed by atoms with Gasteiger partial charge in [0.05, 0.1) is 21.3 Å². The smallest absolute Gasteiger partial charge is 0.374 e. The molecule has 0 N–H and O–H groups in total. The minimum absolute atomic E-state index is 0. The van der Waals surface area contributed by atoms with Crippen LogP contribution in [-0.2, 0) is 4.74 Å². The monoisotopic (exact) mass is 401 g/mol. The number of aryl methyl sites for hydroxylation is 1. The Morgan fingerprint density at radius 1 is 1.07 bits per heavy atom. The molecular weight excluding hydrogens is 374 g/mol. The first-order valence-electron chi connectivity index (χ1n) is 8.63. The third kappa shape index (κ3) is 4.59. The van der Waals surface area contributed by atoms with Crippen LogP contribution >= 0.6 is 12.4 Å². The van der Waals surface area contributed by atoms with Crippen molar-refractivity contribution in [2.75, 3.05) is 47.6 Å². The van der Waals surface area contributed by atoms with Gasteiger partial charge in [0.25, 0.3) is 0 Å². The van der Waals surface area contributed by atoms with Gasteiger partial charge in [-0.05, 0) is 26.1 Å². The molecule has 0 amide bonds. The standard InChI is InChI=1S/C19H27NO6.ClH/c1-7-20(8-2)9-10-25-19(21)15-12(3)13-11-14(22-4)17(23-5)18(24-6)16(13)26-15;/h11H,7-10H2,1-6H3;1H. The molecule has 0 bridgehead atoms. The van der Waals surface area contributed by atoms with Gasteiger partial charge in [0, 0.05) is 17.5 Å². The largest absolute Gasteiger partial charge is 0.493 e. The zero-order chi connectivity index (χ0) is 19.3. The van der Waals surface area contributed by atoms with E-state index < -0.39 is 5.97 Å². The number of esters is 1. The molecule has 0 spiro atoms. The lowest BCUT2D eigenvalue weighted by atomic mass is 10.1. The Kier molecular flexibility index (Phi) is 8.72. The predicted octanol–water partition coefficient (Wildman–Crippen LogP) is 3.69. The van der Waals surface area contributed by atoms with Gasteiger partial charge in [-0.3, -0.25) is 0 Å². The molecule has 2 rings (SSSR count). The average Bonchev–Trinajstić information content (AvgIpc) is 2.99. The van der Waals surface area contributed by atoms with E-state index >= 15 is 0 Å². The van der Waals surface area contributed by atoms with Crippen LogP contribution in [0.4, 0.5) is 0 Å². The summed E-state index contributed by atoms with van der Waals surface area (Å²) < 4.78 is 27.3. The van der Waals surface area contributed by atoms with Crippen molar-refractivity contribution in [1.29, 1.82) is 0 Å². The van der Waals surface area contributed by atoms with Gasteiger partial charge in [0.15, 0.2) is 11.3 Å². The molecule has 0 radical (unpaired) electrons. The van der Waals surface area contributed by atoms with Crippen molar-refractivity contribution in [2.45, 2.75) is 20.8 Å². The molecule has 1 heterocycles. The van der Waals surface area contributed by atoms with Crippen molar-refractivity contribution in [3.8, 4) is 17.2 Å². The molecule has 7 nitrogen and oxygen atoms in total. The highest BCUT2D eigenvalue weighted by Crippen LogP contribution is 2.45. The second kappa shape index (κ2) is 10.3. The molecule has 0 saturated carbocycles. The molecule has 0 unspecified atom stereocenters. The number of carbonyl (C=O) groups excluding carboxylic acids is 1. The van der Waals surface area contributed by atoms with Crippen LogP contribution in [0.3, 0.4) is 0 Å². The van der Waals surface area contributed by atoms with Crippen LogP contribution < -0.4 is 14.2 Å². The van der Waals surface area contributed by atoms with Gasteiger partial charge in [0.1, 0.15) is 6.61 Å². The van der Waals surface area contributed by atoms with E-state index in [1.807, 2.05) is 0 Å². The minimum atomic E-state index is -0.495. The van der Waals surface area contributed by atoms with E-state index in [9.17, 15) is 4.79 Å². The first kappa shape index (κ1) is 22.9. The fraction of sp³-hybridized carbons (Fsp3) is 0.526. The van der Waals surface area contributed by atoms with Crippen LogP contribution in [0.2, 0.25) is 0 Å². The van der Waals surface area contributed by atoms with E-state index in [0.29, 0.717) is 41.5 Å². The summed E-state index contributed by atoms with van der Waals surface area (Å²) in [4.78, 5) is 14.6. The molecule has 0 aliphatic carbocycles. The highest BCUT2D eigenvalue weighted by molar-refractivity contribution is 5.99. The van der Waals surface area contributed by atoms with Crippen molar-refractivity contribution in [3.63, 3.8) is 0 Å². The molecule has 0 atom stereocenters. The van der Waals surface area contributed by atoms with Gasteiger partial charge in [0.2, 0.25) is 17.3 Å². The molecule has 2 aromatic rings. The number of nitrogens with zero attached hydrogens (tertiary/aromatic N) is 1. The van der Waals surface area contributed by atoms with Crippen molar-refractivity contribution in [3.05, 3.63) is 17.4 Å². The van der Waals surface area contributed by atoms with E-state index in [1.54, 1.807) is 20.1 Å². The van der Waals surface area contributed by atoms with Crippen LogP contribution in [0.25, 0.3) is 11.0 Å². The zero-order valence-electron chi connectivity index (χ0n) is 16.7. The average molecular weight is 402 g/mol. The number of hydrogen-bond acceptors (Lipinski definition) is 7. The summed E-state index contributed by atoms with van der Waals surface area (Å²) in [5.74, 6) is 0.964. The molecule has 1 aromatic carbocycles. The fourth-order valence-corrected chi connectivity index (χ4v) is 2.88. The lowest BCUT2D eigenvalue weighted by molar-refractivity contribution is 0.0432. The molecule has 27 heavy (non-hydrogen) atoms. The number of rotatable bonds is 9. The summed E-state index contributed by atoms with van der Waals surface area (Å²) in [6.45, 7) is 8.76. The number of furan rings is 1. The number of carbonyl (C=O) groups is 1. The number of hydrogen-bond donors (Lipinski definition) is 0. The quantitative estimate of drug-likeness (QED) is 0.593. The van der Waals surface area contributed by atoms with Gasteiger partial charge in [-0.15, -0.1) is 12.4 Å². The second-order valence-corrected chi connectivity index (χ2v) is 5.74. The summed E-state index contributed by atoms with van der Waals surface area (Å²) in [7, 11) is 4.57. The number of methoxy groups -OCH3 is 3. The summed E-state index contributed by atoms with van der Waals surface area (Å²) in [6, 6.07) is 1.77. The van der Waals surface area contributed by atoms with Gasteiger partial charge in [-0.2, -0.15) is 0 Å². The van der Waals surface area contributed by atoms with E-state index in [-0.39, 0.29) is 18.2 Å². The lowest BCUT2D eigenvalue weighted by Gasteiger charge is -2.17. The van der Waals surface area contributed by atoms with Gasteiger partial charge >= 0.3 is 5.97 Å². The van der Waals surface area contributed by atoms with Crippen LogP contribution in [0.1, 0.15) is 30.0 Å². The van der Waals surface area contributed by atoms with Crippen molar-refractivity contribution in [2.24, 2.45) is 0 Å². The minimum Gasteiger partial charge on any atom is -0.493 e. The maximum absolute atomic E-state index is 12.5. The maximum atomic E-state index is 12.5. The van der Waals surface area contributed by atoms with Crippen LogP contribution in [0.5, 0.6) is 17.2 Å². The molecule has 152 valence electrons. The Balaban J connectivity index is 0.00000364. The predicted molar refractivity (Wildman–Crippen MR) is 106 cm³/mol. The Labute approximate surface area is 165 Å². The molecular formula is C19H28ClNO6. The summed E-state index contributed by atoms with van der Waals surface area (Å²) in [5.41, 5.74) is 1.10. The topological polar surface area (TPSA) is 70.4 Å². The summed E-state index contributed by atoms with van der Waals surface area (Å²) in [5, 5.41) is 0.718. The highest BCUT2D eigenvalue weighted by atomic mass is 35.5. The first-order valence-corrected chi connectivity index (χ1v) is 8.63. The Bertz CT molecular complexity index is 769. The third-order valence-electron chi connectivity index (χ3n) is 4.45. The van der Waals surface area contributed by atoms with Crippen molar-refractivity contribution in [1.82, 2.24) is 4.90 Å². The van der Waals surface area contributed by atoms with E-state index in [4.69, 9.17) is 23.4 Å². The molecule has 0 aliphatic heterocycles. The third-order valence-corrected chi connectivity index (χ3v) is 4.45. The summed E-state index contributed by atoms with van der Waals surface area (Å²) >= 11 is 0. The number of halogens is 1. The molecule has 0 fully saturated rings. The molecule has 0 saturated heterocycles. The normalized spacial score (nSPS) is 10.6. The van der Waals surface area contributed by atoms with E-state index in [2.05, 4.69) is 18.7 Å². The summed E-state index contributed by atoms with van der Waals surface area (Å²) in [6.07, 6.45) is 0. The van der Waals surface area contributed by atoms with Crippen LogP contribution in [0, 0.1) is 6.92 Å². The molecule has 1 aromatic heterocycles. The Morgan fingerprint density at radius 3 is 2.22 bits per heavy atom. The van der Waals surface area contributed by atoms with Gasteiger partial charge < -0.3 is 28.3 Å². The number of fused-ring (bicyclic) bond motifs is 1.